The number of nitrogens with zero attached hydrogens (tertiary/aromatic N) is 4. The van der Waals surface area contributed by atoms with E-state index in [0.29, 0.717) is 23.6 Å². The summed E-state index contributed by atoms with van der Waals surface area (Å²) in [6.45, 7) is 6.12. The van der Waals surface area contributed by atoms with E-state index in [2.05, 4.69) is 10.3 Å². The zero-order valence-electron chi connectivity index (χ0n) is 22.5. The van der Waals surface area contributed by atoms with E-state index in [-0.39, 0.29) is 36.2 Å². The fraction of sp³-hybridized carbons (Fsp3) is 0.345. The number of nitriles is 1. The molecular formula is C29H32ClN5O4. The van der Waals surface area contributed by atoms with E-state index >= 15 is 0 Å². The molecule has 0 spiro atoms. The van der Waals surface area contributed by atoms with Crippen molar-refractivity contribution in [2.24, 2.45) is 0 Å². The maximum Gasteiger partial charge on any atom is 0.410 e. The van der Waals surface area contributed by atoms with E-state index in [1.807, 2.05) is 24.3 Å². The Balaban J connectivity index is 1.70. The minimum absolute atomic E-state index is 0.124. The van der Waals surface area contributed by atoms with Gasteiger partial charge in [0.2, 0.25) is 5.91 Å². The van der Waals surface area contributed by atoms with Gasteiger partial charge in [0.1, 0.15) is 5.60 Å². The van der Waals surface area contributed by atoms with Crippen molar-refractivity contribution in [3.8, 4) is 6.07 Å². The molecule has 39 heavy (non-hydrogen) atoms. The summed E-state index contributed by atoms with van der Waals surface area (Å²) in [6.07, 6.45) is 3.06. The molecule has 0 unspecified atom stereocenters. The van der Waals surface area contributed by atoms with Gasteiger partial charge < -0.3 is 19.5 Å². The maximum absolute atomic E-state index is 13.1. The van der Waals surface area contributed by atoms with Crippen molar-refractivity contribution >= 4 is 23.6 Å². The van der Waals surface area contributed by atoms with Crippen molar-refractivity contribution in [2.45, 2.75) is 58.8 Å². The molecule has 0 atom stereocenters. The Morgan fingerprint density at radius 1 is 1.18 bits per heavy atom. The molecule has 10 heteroatoms. The molecule has 1 aromatic carbocycles. The van der Waals surface area contributed by atoms with Crippen molar-refractivity contribution in [3.05, 3.63) is 98.2 Å². The predicted octanol–water partition coefficient (Wildman–Crippen LogP) is 4.24. The first kappa shape index (κ1) is 29.4. The summed E-state index contributed by atoms with van der Waals surface area (Å²) in [6, 6.07) is 14.3. The molecule has 204 valence electrons. The first-order chi connectivity index (χ1) is 18.5. The highest BCUT2D eigenvalue weighted by Crippen LogP contribution is 2.19. The Bertz CT molecular complexity index is 1420. The average molecular weight is 550 g/mol. The second-order valence-electron chi connectivity index (χ2n) is 10.1. The van der Waals surface area contributed by atoms with Gasteiger partial charge in [-0.05, 0) is 62.2 Å². The summed E-state index contributed by atoms with van der Waals surface area (Å²) in [5, 5.41) is 12.8. The van der Waals surface area contributed by atoms with Gasteiger partial charge in [-0.3, -0.25) is 14.6 Å². The number of benzene rings is 1. The van der Waals surface area contributed by atoms with Crippen LogP contribution in [-0.2, 0) is 42.0 Å². The van der Waals surface area contributed by atoms with E-state index in [1.165, 1.54) is 9.47 Å². The third kappa shape index (κ3) is 8.69. The third-order valence-corrected chi connectivity index (χ3v) is 6.05. The zero-order chi connectivity index (χ0) is 28.6. The molecule has 0 aliphatic heterocycles. The van der Waals surface area contributed by atoms with Crippen LogP contribution < -0.4 is 10.9 Å². The Morgan fingerprint density at radius 2 is 1.95 bits per heavy atom. The second kappa shape index (κ2) is 13.1. The molecule has 1 N–H and O–H groups in total. The molecule has 3 rings (SSSR count). The predicted molar refractivity (Wildman–Crippen MR) is 148 cm³/mol. The lowest BCUT2D eigenvalue weighted by Gasteiger charge is -2.25. The monoisotopic (exact) mass is 549 g/mol. The summed E-state index contributed by atoms with van der Waals surface area (Å²) in [5.74, 6) is -0.419. The lowest BCUT2D eigenvalue weighted by molar-refractivity contribution is -0.120. The van der Waals surface area contributed by atoms with Crippen molar-refractivity contribution in [3.63, 3.8) is 0 Å². The molecule has 9 nitrogen and oxygen atoms in total. The maximum atomic E-state index is 13.1. The molecule has 0 bridgehead atoms. The van der Waals surface area contributed by atoms with E-state index in [9.17, 15) is 19.6 Å². The van der Waals surface area contributed by atoms with Gasteiger partial charge in [0.15, 0.2) is 0 Å². The minimum atomic E-state index is -0.626. The van der Waals surface area contributed by atoms with Gasteiger partial charge in [0, 0.05) is 61.8 Å². The summed E-state index contributed by atoms with van der Waals surface area (Å²) < 4.78 is 6.90. The number of carbonyl (C=O) groups is 2. The largest absolute Gasteiger partial charge is 0.444 e. The lowest BCUT2D eigenvalue weighted by Crippen LogP contribution is -2.34. The first-order valence-electron chi connectivity index (χ1n) is 12.5. The molecular weight excluding hydrogens is 518 g/mol. The average Bonchev–Trinajstić information content (AvgIpc) is 2.88. The Hall–Kier alpha value is -4.16. The number of halogens is 1. The van der Waals surface area contributed by atoms with Gasteiger partial charge in [-0.15, -0.1) is 0 Å². The topological polar surface area (TPSA) is 117 Å². The number of hydrogen-bond donors (Lipinski definition) is 1. The van der Waals surface area contributed by atoms with Crippen molar-refractivity contribution < 1.29 is 14.3 Å². The van der Waals surface area contributed by atoms with Crippen LogP contribution in [0.25, 0.3) is 0 Å². The highest BCUT2D eigenvalue weighted by atomic mass is 35.5. The fourth-order valence-corrected chi connectivity index (χ4v) is 4.04. The highest BCUT2D eigenvalue weighted by Gasteiger charge is 2.21. The number of carbonyl (C=O) groups excluding carboxylic acids is 2. The number of aryl methyl sites for hydroxylation is 2. The van der Waals surface area contributed by atoms with E-state index in [0.717, 1.165) is 11.3 Å². The number of amides is 2. The molecule has 3 aromatic rings. The Kier molecular flexibility index (Phi) is 9.85. The SMILES string of the molecule is CN(Cc1ccc(Cl)cc1CNC(=O)Cc1c(C#N)ccn(CCc2ccccn2)c1=O)C(=O)OC(C)(C)C. The second-order valence-corrected chi connectivity index (χ2v) is 10.5. The number of rotatable bonds is 9. The molecule has 0 saturated carbocycles. The van der Waals surface area contributed by atoms with Crippen LogP contribution in [0.5, 0.6) is 0 Å². The van der Waals surface area contributed by atoms with Crippen LogP contribution in [0, 0.1) is 11.3 Å². The fourth-order valence-electron chi connectivity index (χ4n) is 3.84. The van der Waals surface area contributed by atoms with Crippen LogP contribution in [0.2, 0.25) is 5.02 Å². The number of ether oxygens (including phenoxy) is 1. The van der Waals surface area contributed by atoms with Crippen LogP contribution in [0.4, 0.5) is 4.79 Å². The number of aromatic nitrogens is 2. The van der Waals surface area contributed by atoms with E-state index < -0.39 is 17.6 Å². The molecule has 2 heterocycles. The van der Waals surface area contributed by atoms with Crippen LogP contribution in [0.3, 0.4) is 0 Å². The molecule has 0 radical (unpaired) electrons. The van der Waals surface area contributed by atoms with Gasteiger partial charge in [0.05, 0.1) is 18.1 Å². The van der Waals surface area contributed by atoms with Gasteiger partial charge in [-0.25, -0.2) is 4.79 Å². The Morgan fingerprint density at radius 3 is 2.62 bits per heavy atom. The van der Waals surface area contributed by atoms with Gasteiger partial charge in [-0.2, -0.15) is 5.26 Å². The molecule has 0 aliphatic rings. The van der Waals surface area contributed by atoms with Crippen molar-refractivity contribution in [2.75, 3.05) is 7.05 Å². The van der Waals surface area contributed by atoms with Gasteiger partial charge >= 0.3 is 6.09 Å². The van der Waals surface area contributed by atoms with Crippen LogP contribution >= 0.6 is 11.6 Å². The third-order valence-electron chi connectivity index (χ3n) is 5.82. The summed E-state index contributed by atoms with van der Waals surface area (Å²) >= 11 is 6.20. The molecule has 0 aliphatic carbocycles. The van der Waals surface area contributed by atoms with E-state index in [1.54, 1.807) is 64.5 Å². The van der Waals surface area contributed by atoms with E-state index in [4.69, 9.17) is 16.3 Å². The number of pyridine rings is 2. The van der Waals surface area contributed by atoms with Gasteiger partial charge in [-0.1, -0.05) is 23.7 Å². The summed E-state index contributed by atoms with van der Waals surface area (Å²) in [5.41, 5.74) is 1.61. The number of hydrogen-bond acceptors (Lipinski definition) is 6. The highest BCUT2D eigenvalue weighted by molar-refractivity contribution is 6.30. The standard InChI is InChI=1S/C29H32ClN5O4/c1-29(2,3)39-28(38)34(4)19-21-8-9-23(30)15-22(21)18-33-26(36)16-25-20(17-31)10-13-35(27(25)37)14-11-24-7-5-6-12-32-24/h5-10,12-13,15H,11,14,16,18-19H2,1-4H3,(H,33,36). The van der Waals surface area contributed by atoms with Crippen molar-refractivity contribution in [1.82, 2.24) is 19.8 Å². The number of nitrogens with one attached hydrogen (secondary N) is 1. The normalized spacial score (nSPS) is 11.0. The lowest BCUT2D eigenvalue weighted by atomic mass is 10.1. The molecule has 2 amide bonds. The molecule has 0 fully saturated rings. The molecule has 2 aromatic heterocycles. The quantitative estimate of drug-likeness (QED) is 0.426. The first-order valence-corrected chi connectivity index (χ1v) is 12.8. The van der Waals surface area contributed by atoms with Crippen molar-refractivity contribution in [1.29, 1.82) is 5.26 Å². The van der Waals surface area contributed by atoms with Crippen LogP contribution in [0.15, 0.2) is 59.7 Å². The zero-order valence-corrected chi connectivity index (χ0v) is 23.3. The summed E-state index contributed by atoms with van der Waals surface area (Å²) in [4.78, 5) is 44.1. The molecule has 0 saturated heterocycles. The van der Waals surface area contributed by atoms with Gasteiger partial charge in [0.25, 0.3) is 5.56 Å². The summed E-state index contributed by atoms with van der Waals surface area (Å²) in [7, 11) is 1.63. The Labute approximate surface area is 233 Å². The minimum Gasteiger partial charge on any atom is -0.444 e. The van der Waals surface area contributed by atoms with Crippen LogP contribution in [-0.4, -0.2) is 39.1 Å². The van der Waals surface area contributed by atoms with Crippen LogP contribution in [0.1, 0.15) is 48.7 Å². The smallest absolute Gasteiger partial charge is 0.410 e.